The molecule has 30 heavy (non-hydrogen) atoms. The maximum absolute atomic E-state index is 12.6. The molecule has 0 saturated carbocycles. The Bertz CT molecular complexity index is 829. The number of aromatic nitrogens is 1. The summed E-state index contributed by atoms with van der Waals surface area (Å²) < 4.78 is 5.69. The van der Waals surface area contributed by atoms with Gasteiger partial charge in [-0.15, -0.1) is 0 Å². The lowest BCUT2D eigenvalue weighted by molar-refractivity contribution is -0.139. The van der Waals surface area contributed by atoms with Crippen molar-refractivity contribution in [2.75, 3.05) is 20.2 Å². The van der Waals surface area contributed by atoms with Crippen molar-refractivity contribution < 1.29 is 14.3 Å². The van der Waals surface area contributed by atoms with E-state index in [1.165, 1.54) is 6.42 Å². The molecule has 0 aliphatic carbocycles. The van der Waals surface area contributed by atoms with Crippen molar-refractivity contribution in [3.05, 3.63) is 59.9 Å². The first-order valence-electron chi connectivity index (χ1n) is 10.6. The molecule has 1 aromatic heterocycles. The molecule has 6 nitrogen and oxygen atoms in total. The van der Waals surface area contributed by atoms with Crippen LogP contribution in [0.15, 0.2) is 48.7 Å². The van der Waals surface area contributed by atoms with Crippen molar-refractivity contribution in [2.45, 2.75) is 51.6 Å². The summed E-state index contributed by atoms with van der Waals surface area (Å²) in [6.07, 6.45) is 5.72. The minimum absolute atomic E-state index is 0.0177. The number of rotatable bonds is 7. The van der Waals surface area contributed by atoms with Gasteiger partial charge in [0.25, 0.3) is 11.8 Å². The first-order chi connectivity index (χ1) is 14.5. The average molecular weight is 410 g/mol. The highest BCUT2D eigenvalue weighted by atomic mass is 16.5. The first kappa shape index (κ1) is 21.8. The maximum atomic E-state index is 12.6. The number of likely N-dealkylation sites (N-methyl/N-ethyl adjacent to an activating group) is 1. The molecule has 1 aliphatic rings. The third-order valence-electron chi connectivity index (χ3n) is 5.72. The summed E-state index contributed by atoms with van der Waals surface area (Å²) in [4.78, 5) is 33.1. The normalized spacial score (nSPS) is 18.7. The number of carbonyl (C=O) groups is 2. The lowest BCUT2D eigenvalue weighted by atomic mass is 9.97. The van der Waals surface area contributed by atoms with Gasteiger partial charge in [-0.1, -0.05) is 6.07 Å². The number of hydrogen-bond acceptors (Lipinski definition) is 4. The fourth-order valence-corrected chi connectivity index (χ4v) is 3.98. The predicted octanol–water partition coefficient (Wildman–Crippen LogP) is 3.56. The Hall–Kier alpha value is -2.89. The molecule has 6 heteroatoms. The summed E-state index contributed by atoms with van der Waals surface area (Å²) in [6.45, 7) is 4.80. The van der Waals surface area contributed by atoms with Crippen LogP contribution >= 0.6 is 0 Å². The summed E-state index contributed by atoms with van der Waals surface area (Å²) in [5, 5.41) is 0. The number of benzene rings is 1. The molecular weight excluding hydrogens is 378 g/mol. The lowest BCUT2D eigenvalue weighted by Crippen LogP contribution is -2.49. The van der Waals surface area contributed by atoms with Crippen molar-refractivity contribution >= 4 is 11.8 Å². The second-order valence-electron chi connectivity index (χ2n) is 8.04. The highest BCUT2D eigenvalue weighted by Crippen LogP contribution is 2.23. The van der Waals surface area contributed by atoms with E-state index >= 15 is 0 Å². The van der Waals surface area contributed by atoms with E-state index in [0.29, 0.717) is 24.3 Å². The third kappa shape index (κ3) is 5.59. The third-order valence-corrected chi connectivity index (χ3v) is 5.72. The Morgan fingerprint density at radius 2 is 1.80 bits per heavy atom. The standard InChI is InChI=1S/C24H31N3O3/c1-18-7-6-8-19(2)27(18)23(28)17-30-22-12-10-20(11-13-22)24(29)26(3)16-14-21-9-4-5-15-25-21/h4-5,9-13,15,18-19H,6-8,14,16-17H2,1-3H3. The number of hydrogen-bond donors (Lipinski definition) is 0. The molecule has 3 rings (SSSR count). The molecule has 0 spiro atoms. The van der Waals surface area contributed by atoms with E-state index in [1.807, 2.05) is 23.1 Å². The Morgan fingerprint density at radius 1 is 1.10 bits per heavy atom. The van der Waals surface area contributed by atoms with Gasteiger partial charge in [-0.05, 0) is 69.5 Å². The van der Waals surface area contributed by atoms with Gasteiger partial charge in [0.15, 0.2) is 6.61 Å². The Morgan fingerprint density at radius 3 is 2.43 bits per heavy atom. The van der Waals surface area contributed by atoms with E-state index in [0.717, 1.165) is 18.5 Å². The smallest absolute Gasteiger partial charge is 0.260 e. The van der Waals surface area contributed by atoms with Crippen molar-refractivity contribution in [3.63, 3.8) is 0 Å². The fourth-order valence-electron chi connectivity index (χ4n) is 3.98. The zero-order valence-corrected chi connectivity index (χ0v) is 18.1. The van der Waals surface area contributed by atoms with Gasteiger partial charge in [-0.2, -0.15) is 0 Å². The molecule has 1 fully saturated rings. The van der Waals surface area contributed by atoms with E-state index in [-0.39, 0.29) is 30.5 Å². The minimum Gasteiger partial charge on any atom is -0.484 e. The van der Waals surface area contributed by atoms with Crippen LogP contribution in [0, 0.1) is 0 Å². The van der Waals surface area contributed by atoms with E-state index in [1.54, 1.807) is 42.4 Å². The zero-order chi connectivity index (χ0) is 21.5. The predicted molar refractivity (Wildman–Crippen MR) is 116 cm³/mol. The Balaban J connectivity index is 1.50. The number of likely N-dealkylation sites (tertiary alicyclic amines) is 1. The second kappa shape index (κ2) is 10.2. The van der Waals surface area contributed by atoms with Crippen LogP contribution in [0.1, 0.15) is 49.2 Å². The monoisotopic (exact) mass is 409 g/mol. The number of piperidine rings is 1. The van der Waals surface area contributed by atoms with Crippen LogP contribution in [0.3, 0.4) is 0 Å². The average Bonchev–Trinajstić information content (AvgIpc) is 2.76. The van der Waals surface area contributed by atoms with Crippen LogP contribution in [0.25, 0.3) is 0 Å². The molecule has 0 N–H and O–H groups in total. The topological polar surface area (TPSA) is 62.7 Å². The van der Waals surface area contributed by atoms with Crippen molar-refractivity contribution in [1.82, 2.24) is 14.8 Å². The largest absolute Gasteiger partial charge is 0.484 e. The van der Waals surface area contributed by atoms with Crippen LogP contribution in [0.4, 0.5) is 0 Å². The van der Waals surface area contributed by atoms with Gasteiger partial charge in [0, 0.05) is 49.6 Å². The molecule has 2 atom stereocenters. The molecule has 2 heterocycles. The molecule has 160 valence electrons. The molecule has 2 unspecified atom stereocenters. The summed E-state index contributed by atoms with van der Waals surface area (Å²) in [6, 6.07) is 13.3. The molecular formula is C24H31N3O3. The summed E-state index contributed by atoms with van der Waals surface area (Å²) >= 11 is 0. The van der Waals surface area contributed by atoms with E-state index < -0.39 is 0 Å². The van der Waals surface area contributed by atoms with Gasteiger partial charge >= 0.3 is 0 Å². The van der Waals surface area contributed by atoms with Crippen molar-refractivity contribution in [3.8, 4) is 5.75 Å². The maximum Gasteiger partial charge on any atom is 0.260 e. The number of nitrogens with zero attached hydrogens (tertiary/aromatic N) is 3. The molecule has 1 aromatic carbocycles. The van der Waals surface area contributed by atoms with Crippen molar-refractivity contribution in [2.24, 2.45) is 0 Å². The van der Waals surface area contributed by atoms with Crippen LogP contribution in [0.5, 0.6) is 5.75 Å². The lowest BCUT2D eigenvalue weighted by Gasteiger charge is -2.38. The Labute approximate surface area is 178 Å². The quantitative estimate of drug-likeness (QED) is 0.701. The van der Waals surface area contributed by atoms with Gasteiger partial charge in [-0.3, -0.25) is 14.6 Å². The summed E-state index contributed by atoms with van der Waals surface area (Å²) in [5.41, 5.74) is 1.55. The first-order valence-corrected chi connectivity index (χ1v) is 10.6. The van der Waals surface area contributed by atoms with E-state index in [4.69, 9.17) is 4.74 Å². The number of ether oxygens (including phenoxy) is 1. The van der Waals surface area contributed by atoms with Gasteiger partial charge in [0.05, 0.1) is 0 Å². The SMILES string of the molecule is CC1CCCC(C)N1C(=O)COc1ccc(C(=O)N(C)CCc2ccccn2)cc1. The van der Waals surface area contributed by atoms with E-state index in [2.05, 4.69) is 18.8 Å². The molecule has 0 bridgehead atoms. The summed E-state index contributed by atoms with van der Waals surface area (Å²) in [7, 11) is 1.79. The van der Waals surface area contributed by atoms with Gasteiger partial charge < -0.3 is 14.5 Å². The molecule has 2 amide bonds. The van der Waals surface area contributed by atoms with Gasteiger partial charge in [0.2, 0.25) is 0 Å². The van der Waals surface area contributed by atoms with Crippen LogP contribution in [-0.2, 0) is 11.2 Å². The number of carbonyl (C=O) groups excluding carboxylic acids is 2. The van der Waals surface area contributed by atoms with Gasteiger partial charge in [0.1, 0.15) is 5.75 Å². The van der Waals surface area contributed by atoms with Crippen LogP contribution in [-0.4, -0.2) is 58.9 Å². The van der Waals surface area contributed by atoms with E-state index in [9.17, 15) is 9.59 Å². The Kier molecular flexibility index (Phi) is 7.44. The minimum atomic E-state index is -0.0514. The molecule has 2 aromatic rings. The highest BCUT2D eigenvalue weighted by molar-refractivity contribution is 5.94. The fraction of sp³-hybridized carbons (Fsp3) is 0.458. The number of pyridine rings is 1. The highest BCUT2D eigenvalue weighted by Gasteiger charge is 2.29. The van der Waals surface area contributed by atoms with Gasteiger partial charge in [-0.25, -0.2) is 0 Å². The number of amides is 2. The van der Waals surface area contributed by atoms with Crippen LogP contribution < -0.4 is 4.74 Å². The summed E-state index contributed by atoms with van der Waals surface area (Å²) in [5.74, 6) is 0.557. The van der Waals surface area contributed by atoms with Crippen molar-refractivity contribution in [1.29, 1.82) is 0 Å². The second-order valence-corrected chi connectivity index (χ2v) is 8.04. The molecule has 0 radical (unpaired) electrons. The zero-order valence-electron chi connectivity index (χ0n) is 18.1. The molecule has 1 aliphatic heterocycles. The molecule has 1 saturated heterocycles. The van der Waals surface area contributed by atoms with Crippen LogP contribution in [0.2, 0.25) is 0 Å².